The first kappa shape index (κ1) is 20.4. The van der Waals surface area contributed by atoms with Crippen LogP contribution in [0.25, 0.3) is 0 Å². The fraction of sp³-hybridized carbons (Fsp3) is 0.500. The van der Waals surface area contributed by atoms with E-state index >= 15 is 0 Å². The highest BCUT2D eigenvalue weighted by Crippen LogP contribution is 2.35. The number of para-hydroxylation sites is 2. The number of rotatable bonds is 5. The van der Waals surface area contributed by atoms with Gasteiger partial charge in [0.15, 0.2) is 6.10 Å². The molecule has 1 aromatic carbocycles. The number of ether oxygens (including phenoxy) is 1. The number of fused-ring (bicyclic) bond motifs is 1. The van der Waals surface area contributed by atoms with Crippen molar-refractivity contribution in [2.75, 3.05) is 31.1 Å². The number of amides is 2. The normalized spacial score (nSPS) is 20.6. The van der Waals surface area contributed by atoms with Crippen molar-refractivity contribution < 1.29 is 14.3 Å². The van der Waals surface area contributed by atoms with Crippen LogP contribution in [0.3, 0.4) is 0 Å². The van der Waals surface area contributed by atoms with Crippen molar-refractivity contribution >= 4 is 17.5 Å². The standard InChI is InChI=1S/C22H29N5O3/c1-4-26-15-18(13-23-26)14-24-9-11-25(12-10-24)21(28)16(2)27-19-7-5-6-8-20(19)30-17(3)22(27)29/h5-8,13,15-17H,4,9-12,14H2,1-3H3/t16-,17+/m0/s1. The van der Waals surface area contributed by atoms with E-state index in [0.717, 1.165) is 26.2 Å². The van der Waals surface area contributed by atoms with Crippen molar-refractivity contribution in [1.29, 1.82) is 0 Å². The molecule has 0 N–H and O–H groups in total. The lowest BCUT2D eigenvalue weighted by molar-refractivity contribution is -0.137. The van der Waals surface area contributed by atoms with Crippen LogP contribution in [0.2, 0.25) is 0 Å². The fourth-order valence-electron chi connectivity index (χ4n) is 4.13. The summed E-state index contributed by atoms with van der Waals surface area (Å²) in [5.74, 6) is 0.438. The predicted octanol–water partition coefficient (Wildman–Crippen LogP) is 1.75. The molecule has 30 heavy (non-hydrogen) atoms. The third-order valence-electron chi connectivity index (χ3n) is 5.86. The number of nitrogens with zero attached hydrogens (tertiary/aromatic N) is 5. The molecule has 1 aromatic heterocycles. The van der Waals surface area contributed by atoms with Gasteiger partial charge in [0, 0.05) is 51.0 Å². The quantitative estimate of drug-likeness (QED) is 0.750. The van der Waals surface area contributed by atoms with Crippen LogP contribution in [0, 0.1) is 0 Å². The molecule has 2 amide bonds. The van der Waals surface area contributed by atoms with Crippen LogP contribution in [0.5, 0.6) is 5.75 Å². The summed E-state index contributed by atoms with van der Waals surface area (Å²) in [6.07, 6.45) is 3.38. The highest BCUT2D eigenvalue weighted by Gasteiger charge is 2.38. The SMILES string of the molecule is CCn1cc(CN2CCN(C(=O)[C@H](C)N3C(=O)[C@@H](C)Oc4ccccc43)CC2)cn1. The highest BCUT2D eigenvalue weighted by atomic mass is 16.5. The van der Waals surface area contributed by atoms with Crippen LogP contribution in [-0.4, -0.2) is 69.7 Å². The summed E-state index contributed by atoms with van der Waals surface area (Å²) in [6, 6.07) is 6.82. The van der Waals surface area contributed by atoms with E-state index in [1.165, 1.54) is 5.56 Å². The molecule has 0 aliphatic carbocycles. The molecular weight excluding hydrogens is 382 g/mol. The number of carbonyl (C=O) groups excluding carboxylic acids is 2. The molecule has 2 aliphatic rings. The molecule has 2 atom stereocenters. The maximum atomic E-state index is 13.2. The van der Waals surface area contributed by atoms with Gasteiger partial charge in [0.25, 0.3) is 5.91 Å². The third kappa shape index (κ3) is 3.92. The zero-order valence-electron chi connectivity index (χ0n) is 17.8. The Balaban J connectivity index is 1.40. The van der Waals surface area contributed by atoms with Crippen LogP contribution in [-0.2, 0) is 22.7 Å². The topological polar surface area (TPSA) is 70.9 Å². The minimum absolute atomic E-state index is 0.0225. The minimum atomic E-state index is -0.601. The lowest BCUT2D eigenvalue weighted by Crippen LogP contribution is -2.57. The first-order chi connectivity index (χ1) is 14.5. The van der Waals surface area contributed by atoms with Gasteiger partial charge in [-0.15, -0.1) is 0 Å². The molecule has 3 heterocycles. The Morgan fingerprint density at radius 1 is 1.23 bits per heavy atom. The summed E-state index contributed by atoms with van der Waals surface area (Å²) in [7, 11) is 0. The average Bonchev–Trinajstić information content (AvgIpc) is 3.22. The molecule has 1 saturated heterocycles. The Morgan fingerprint density at radius 3 is 2.67 bits per heavy atom. The molecule has 1 fully saturated rings. The van der Waals surface area contributed by atoms with Crippen molar-refractivity contribution in [3.63, 3.8) is 0 Å². The molecule has 8 nitrogen and oxygen atoms in total. The second-order valence-corrected chi connectivity index (χ2v) is 7.92. The zero-order chi connectivity index (χ0) is 21.3. The molecule has 0 bridgehead atoms. The molecule has 0 radical (unpaired) electrons. The van der Waals surface area contributed by atoms with Gasteiger partial charge in [-0.25, -0.2) is 0 Å². The van der Waals surface area contributed by atoms with E-state index in [9.17, 15) is 9.59 Å². The molecule has 0 saturated carbocycles. The van der Waals surface area contributed by atoms with Gasteiger partial charge < -0.3 is 9.64 Å². The molecular formula is C22H29N5O3. The Morgan fingerprint density at radius 2 is 1.97 bits per heavy atom. The Kier molecular flexibility index (Phi) is 5.76. The van der Waals surface area contributed by atoms with E-state index in [-0.39, 0.29) is 11.8 Å². The summed E-state index contributed by atoms with van der Waals surface area (Å²) >= 11 is 0. The van der Waals surface area contributed by atoms with Crippen LogP contribution >= 0.6 is 0 Å². The van der Waals surface area contributed by atoms with Crippen molar-refractivity contribution in [1.82, 2.24) is 19.6 Å². The Bertz CT molecular complexity index is 919. The Hall–Kier alpha value is -2.87. The predicted molar refractivity (Wildman–Crippen MR) is 113 cm³/mol. The second-order valence-electron chi connectivity index (χ2n) is 7.92. The van der Waals surface area contributed by atoms with Crippen LogP contribution in [0.1, 0.15) is 26.3 Å². The first-order valence-electron chi connectivity index (χ1n) is 10.6. The summed E-state index contributed by atoms with van der Waals surface area (Å²) < 4.78 is 7.63. The van der Waals surface area contributed by atoms with Crippen LogP contribution in [0.15, 0.2) is 36.7 Å². The van der Waals surface area contributed by atoms with Crippen molar-refractivity contribution in [3.8, 4) is 5.75 Å². The highest BCUT2D eigenvalue weighted by molar-refractivity contribution is 6.05. The smallest absolute Gasteiger partial charge is 0.268 e. The third-order valence-corrected chi connectivity index (χ3v) is 5.86. The number of carbonyl (C=O) groups is 2. The number of hydrogen-bond donors (Lipinski definition) is 0. The minimum Gasteiger partial charge on any atom is -0.479 e. The van der Waals surface area contributed by atoms with E-state index in [1.807, 2.05) is 40.0 Å². The van der Waals surface area contributed by atoms with Gasteiger partial charge in [0.05, 0.1) is 11.9 Å². The largest absolute Gasteiger partial charge is 0.479 e. The van der Waals surface area contributed by atoms with Gasteiger partial charge in [0.1, 0.15) is 11.8 Å². The molecule has 2 aromatic rings. The summed E-state index contributed by atoms with van der Waals surface area (Å²) in [4.78, 5) is 31.8. The number of piperazine rings is 1. The van der Waals surface area contributed by atoms with Gasteiger partial charge in [-0.1, -0.05) is 12.1 Å². The number of hydrogen-bond acceptors (Lipinski definition) is 5. The van der Waals surface area contributed by atoms with Crippen molar-refractivity contribution in [2.45, 2.75) is 46.0 Å². The van der Waals surface area contributed by atoms with Crippen LogP contribution in [0.4, 0.5) is 5.69 Å². The fourth-order valence-corrected chi connectivity index (χ4v) is 4.13. The van der Waals surface area contributed by atoms with E-state index < -0.39 is 12.1 Å². The lowest BCUT2D eigenvalue weighted by atomic mass is 10.1. The maximum Gasteiger partial charge on any atom is 0.268 e. The number of benzene rings is 1. The summed E-state index contributed by atoms with van der Waals surface area (Å²) in [6.45, 7) is 10.2. The maximum absolute atomic E-state index is 13.2. The number of aryl methyl sites for hydroxylation is 1. The van der Waals surface area contributed by atoms with Crippen molar-refractivity contribution in [3.05, 3.63) is 42.2 Å². The van der Waals surface area contributed by atoms with Gasteiger partial charge in [0.2, 0.25) is 5.91 Å². The van der Waals surface area contributed by atoms with E-state index in [2.05, 4.69) is 23.1 Å². The second kappa shape index (κ2) is 8.47. The van der Waals surface area contributed by atoms with E-state index in [1.54, 1.807) is 18.7 Å². The van der Waals surface area contributed by atoms with Crippen molar-refractivity contribution in [2.24, 2.45) is 0 Å². The molecule has 8 heteroatoms. The molecule has 2 aliphatic heterocycles. The zero-order valence-corrected chi connectivity index (χ0v) is 17.8. The van der Waals surface area contributed by atoms with E-state index in [0.29, 0.717) is 24.5 Å². The lowest BCUT2D eigenvalue weighted by Gasteiger charge is -2.40. The molecule has 0 spiro atoms. The number of anilines is 1. The first-order valence-corrected chi connectivity index (χ1v) is 10.6. The van der Waals surface area contributed by atoms with Gasteiger partial charge in [-0.2, -0.15) is 5.10 Å². The van der Waals surface area contributed by atoms with Crippen LogP contribution < -0.4 is 9.64 Å². The Labute approximate surface area is 177 Å². The molecule has 0 unspecified atom stereocenters. The molecule has 4 rings (SSSR count). The van der Waals surface area contributed by atoms with E-state index in [4.69, 9.17) is 4.74 Å². The van der Waals surface area contributed by atoms with Gasteiger partial charge in [-0.05, 0) is 32.9 Å². The number of aromatic nitrogens is 2. The van der Waals surface area contributed by atoms with Gasteiger partial charge >= 0.3 is 0 Å². The average molecular weight is 412 g/mol. The van der Waals surface area contributed by atoms with Gasteiger partial charge in [-0.3, -0.25) is 24.1 Å². The summed E-state index contributed by atoms with van der Waals surface area (Å²) in [5, 5.41) is 4.33. The molecule has 160 valence electrons. The summed E-state index contributed by atoms with van der Waals surface area (Å²) in [5.41, 5.74) is 1.85. The monoisotopic (exact) mass is 411 g/mol.